The molecule has 0 rings (SSSR count). The average Bonchev–Trinajstić information content (AvgIpc) is 2.42. The van der Waals surface area contributed by atoms with Crippen LogP contribution in [0, 0.1) is 5.92 Å². The number of aliphatic hydroxyl groups is 3. The van der Waals surface area contributed by atoms with E-state index in [4.69, 9.17) is 14.9 Å². The highest BCUT2D eigenvalue weighted by atomic mass is 16.5. The van der Waals surface area contributed by atoms with Gasteiger partial charge in [0.2, 0.25) is 0 Å². The Balaban J connectivity index is 4.42. The van der Waals surface area contributed by atoms with Crippen LogP contribution in [0.3, 0.4) is 0 Å². The monoisotopic (exact) mass is 291 g/mol. The Morgan fingerprint density at radius 3 is 2.10 bits per heavy atom. The van der Waals surface area contributed by atoms with Gasteiger partial charge >= 0.3 is 0 Å². The molecular weight excluding hydrogens is 258 g/mol. The minimum absolute atomic E-state index is 0.0143. The van der Waals surface area contributed by atoms with Gasteiger partial charge < -0.3 is 20.1 Å². The van der Waals surface area contributed by atoms with Crippen molar-refractivity contribution in [1.82, 2.24) is 4.90 Å². The zero-order chi connectivity index (χ0) is 15.4. The van der Waals surface area contributed by atoms with Crippen LogP contribution in [0.5, 0.6) is 0 Å². The fraction of sp³-hybridized carbons (Fsp3) is 1.00. The lowest BCUT2D eigenvalue weighted by Gasteiger charge is -2.33. The third-order valence-electron chi connectivity index (χ3n) is 3.59. The van der Waals surface area contributed by atoms with Crippen molar-refractivity contribution in [1.29, 1.82) is 0 Å². The van der Waals surface area contributed by atoms with Gasteiger partial charge in [-0.3, -0.25) is 4.90 Å². The summed E-state index contributed by atoms with van der Waals surface area (Å²) in [5.74, 6) is 0.501. The van der Waals surface area contributed by atoms with E-state index in [-0.39, 0.29) is 13.2 Å². The fourth-order valence-electron chi connectivity index (χ4n) is 2.31. The summed E-state index contributed by atoms with van der Waals surface area (Å²) >= 11 is 0. The lowest BCUT2D eigenvalue weighted by Crippen LogP contribution is -2.47. The Kier molecular flexibility index (Phi) is 12.4. The van der Waals surface area contributed by atoms with E-state index in [2.05, 4.69) is 13.8 Å². The van der Waals surface area contributed by atoms with Crippen molar-refractivity contribution in [3.63, 3.8) is 0 Å². The molecule has 3 unspecified atom stereocenters. The van der Waals surface area contributed by atoms with Crippen molar-refractivity contribution >= 4 is 0 Å². The van der Waals surface area contributed by atoms with Crippen LogP contribution in [-0.4, -0.2) is 65.5 Å². The van der Waals surface area contributed by atoms with Crippen LogP contribution in [-0.2, 0) is 4.74 Å². The number of aliphatic hydroxyl groups excluding tert-OH is 3. The van der Waals surface area contributed by atoms with Crippen molar-refractivity contribution in [3.05, 3.63) is 0 Å². The second-order valence-corrected chi connectivity index (χ2v) is 5.36. The normalized spacial score (nSPS) is 16.4. The van der Waals surface area contributed by atoms with Gasteiger partial charge in [-0.1, -0.05) is 33.1 Å². The van der Waals surface area contributed by atoms with Crippen LogP contribution in [0.1, 0.15) is 46.5 Å². The maximum absolute atomic E-state index is 9.87. The molecule has 0 radical (unpaired) electrons. The first kappa shape index (κ1) is 19.8. The van der Waals surface area contributed by atoms with Gasteiger partial charge in [-0.25, -0.2) is 0 Å². The maximum Gasteiger partial charge on any atom is 0.136 e. The highest BCUT2D eigenvalue weighted by Gasteiger charge is 2.24. The standard InChI is InChI=1S/C15H33NO4/c1-4-6-7-14(5-2)12-20-15(13(3)19)16(8-10-17)9-11-18/h13-15,17-19H,4-12H2,1-3H3. The Morgan fingerprint density at radius 1 is 1.10 bits per heavy atom. The first-order chi connectivity index (χ1) is 9.60. The van der Waals surface area contributed by atoms with Crippen molar-refractivity contribution in [2.45, 2.75) is 58.8 Å². The quantitative estimate of drug-likeness (QED) is 0.445. The van der Waals surface area contributed by atoms with Gasteiger partial charge in [0.05, 0.1) is 25.9 Å². The summed E-state index contributed by atoms with van der Waals surface area (Å²) in [5, 5.41) is 28.0. The van der Waals surface area contributed by atoms with Crippen LogP contribution in [0.4, 0.5) is 0 Å². The van der Waals surface area contributed by atoms with E-state index in [9.17, 15) is 5.11 Å². The van der Waals surface area contributed by atoms with E-state index in [1.54, 1.807) is 11.8 Å². The number of nitrogens with zero attached hydrogens (tertiary/aromatic N) is 1. The summed E-state index contributed by atoms with van der Waals surface area (Å²) in [6.07, 6.45) is 3.45. The zero-order valence-corrected chi connectivity index (χ0v) is 13.3. The number of hydrogen-bond donors (Lipinski definition) is 3. The van der Waals surface area contributed by atoms with E-state index in [1.807, 2.05) is 0 Å². The molecule has 0 aliphatic rings. The summed E-state index contributed by atoms with van der Waals surface area (Å²) in [5.41, 5.74) is 0. The van der Waals surface area contributed by atoms with Crippen LogP contribution in [0.15, 0.2) is 0 Å². The molecule has 5 heteroatoms. The molecule has 3 N–H and O–H groups in total. The van der Waals surface area contributed by atoms with E-state index in [1.165, 1.54) is 12.8 Å². The average molecular weight is 291 g/mol. The molecule has 3 atom stereocenters. The molecule has 5 nitrogen and oxygen atoms in total. The first-order valence-electron chi connectivity index (χ1n) is 7.86. The predicted molar refractivity (Wildman–Crippen MR) is 80.5 cm³/mol. The highest BCUT2D eigenvalue weighted by molar-refractivity contribution is 4.69. The minimum atomic E-state index is -0.656. The third-order valence-corrected chi connectivity index (χ3v) is 3.59. The first-order valence-corrected chi connectivity index (χ1v) is 7.86. The molecule has 0 aliphatic carbocycles. The molecule has 0 aromatic carbocycles. The molecule has 0 saturated heterocycles. The predicted octanol–water partition coefficient (Wildman–Crippen LogP) is 1.21. The van der Waals surface area contributed by atoms with E-state index in [0.29, 0.717) is 25.6 Å². The van der Waals surface area contributed by atoms with Crippen molar-refractivity contribution in [2.75, 3.05) is 32.9 Å². The van der Waals surface area contributed by atoms with E-state index in [0.717, 1.165) is 12.8 Å². The van der Waals surface area contributed by atoms with E-state index >= 15 is 0 Å². The third kappa shape index (κ3) is 8.17. The molecule has 0 saturated carbocycles. The van der Waals surface area contributed by atoms with Gasteiger partial charge in [0, 0.05) is 13.1 Å². The Morgan fingerprint density at radius 2 is 1.70 bits per heavy atom. The Hall–Kier alpha value is -0.200. The molecule has 0 fully saturated rings. The second kappa shape index (κ2) is 12.5. The van der Waals surface area contributed by atoms with Crippen LogP contribution >= 0.6 is 0 Å². The summed E-state index contributed by atoms with van der Waals surface area (Å²) in [7, 11) is 0. The maximum atomic E-state index is 9.87. The molecule has 0 heterocycles. The lowest BCUT2D eigenvalue weighted by atomic mass is 10.0. The molecule has 0 aromatic heterocycles. The molecule has 122 valence electrons. The van der Waals surface area contributed by atoms with Gasteiger partial charge in [0.15, 0.2) is 0 Å². The molecule has 20 heavy (non-hydrogen) atoms. The smallest absolute Gasteiger partial charge is 0.136 e. The molecule has 0 bridgehead atoms. The highest BCUT2D eigenvalue weighted by Crippen LogP contribution is 2.16. The van der Waals surface area contributed by atoms with Gasteiger partial charge in [0.1, 0.15) is 6.23 Å². The number of ether oxygens (including phenoxy) is 1. The summed E-state index contributed by atoms with van der Waals surface area (Å²) < 4.78 is 5.87. The van der Waals surface area contributed by atoms with Crippen molar-refractivity contribution in [2.24, 2.45) is 5.92 Å². The van der Waals surface area contributed by atoms with Gasteiger partial charge in [-0.05, 0) is 19.3 Å². The summed E-state index contributed by atoms with van der Waals surface area (Å²) in [4.78, 5) is 1.79. The molecule has 0 amide bonds. The number of rotatable bonds is 13. The molecule has 0 spiro atoms. The SMILES string of the molecule is CCCCC(CC)COC(C(C)O)N(CCO)CCO. The summed E-state index contributed by atoms with van der Waals surface area (Å²) in [6.45, 7) is 7.37. The summed E-state index contributed by atoms with van der Waals surface area (Å²) in [6, 6.07) is 0. The Labute approximate surface area is 123 Å². The number of unbranched alkanes of at least 4 members (excludes halogenated alkanes) is 1. The Bertz CT molecular complexity index is 208. The lowest BCUT2D eigenvalue weighted by molar-refractivity contribution is -0.133. The molecule has 0 aliphatic heterocycles. The van der Waals surface area contributed by atoms with Gasteiger partial charge in [0.25, 0.3) is 0 Å². The van der Waals surface area contributed by atoms with E-state index < -0.39 is 12.3 Å². The zero-order valence-electron chi connectivity index (χ0n) is 13.3. The largest absolute Gasteiger partial charge is 0.395 e. The molecular formula is C15H33NO4. The molecule has 0 aromatic rings. The van der Waals surface area contributed by atoms with Gasteiger partial charge in [-0.2, -0.15) is 0 Å². The van der Waals surface area contributed by atoms with Crippen LogP contribution in [0.2, 0.25) is 0 Å². The van der Waals surface area contributed by atoms with Gasteiger partial charge in [-0.15, -0.1) is 0 Å². The number of hydrogen-bond acceptors (Lipinski definition) is 5. The second-order valence-electron chi connectivity index (χ2n) is 5.36. The minimum Gasteiger partial charge on any atom is -0.395 e. The topological polar surface area (TPSA) is 73.2 Å². The van der Waals surface area contributed by atoms with Crippen molar-refractivity contribution in [3.8, 4) is 0 Å². The fourth-order valence-corrected chi connectivity index (χ4v) is 2.31. The van der Waals surface area contributed by atoms with Crippen LogP contribution in [0.25, 0.3) is 0 Å². The van der Waals surface area contributed by atoms with Crippen molar-refractivity contribution < 1.29 is 20.1 Å². The van der Waals surface area contributed by atoms with Crippen LogP contribution < -0.4 is 0 Å².